The molecular weight excluding hydrogens is 370 g/mol. The number of aryl methyl sites for hydroxylation is 2. The molecule has 1 amide bonds. The van der Waals surface area contributed by atoms with Gasteiger partial charge in [-0.15, -0.1) is 0 Å². The van der Waals surface area contributed by atoms with Crippen LogP contribution < -0.4 is 14.9 Å². The van der Waals surface area contributed by atoms with Gasteiger partial charge in [0.25, 0.3) is 5.91 Å². The Morgan fingerprint density at radius 3 is 2.48 bits per heavy atom. The predicted octanol–water partition coefficient (Wildman–Crippen LogP) is 3.99. The van der Waals surface area contributed by atoms with Gasteiger partial charge < -0.3 is 18.8 Å². The molecule has 0 saturated heterocycles. The number of ether oxygens (including phenoxy) is 2. The molecule has 0 spiro atoms. The molecule has 3 aromatic rings. The van der Waals surface area contributed by atoms with Crippen molar-refractivity contribution < 1.29 is 18.7 Å². The Balaban J connectivity index is 1.95. The van der Waals surface area contributed by atoms with E-state index in [0.717, 1.165) is 16.7 Å². The Labute approximate surface area is 168 Å². The number of fused-ring (bicyclic) bond motifs is 2. The maximum Gasteiger partial charge on any atom is 0.290 e. The van der Waals surface area contributed by atoms with Gasteiger partial charge in [0.05, 0.1) is 30.7 Å². The third-order valence-corrected chi connectivity index (χ3v) is 5.52. The quantitative estimate of drug-likeness (QED) is 0.670. The second kappa shape index (κ2) is 6.95. The van der Waals surface area contributed by atoms with Crippen LogP contribution in [0.25, 0.3) is 11.0 Å². The molecule has 29 heavy (non-hydrogen) atoms. The zero-order chi connectivity index (χ0) is 20.9. The molecule has 0 saturated carbocycles. The first kappa shape index (κ1) is 19.1. The van der Waals surface area contributed by atoms with Gasteiger partial charge in [-0.25, -0.2) is 0 Å². The SMILES string of the molecule is CCOc1ccc(C2c3c(oc4cc(C)c(C)cc4c3=O)C(=O)N2C)cc1OC. The van der Waals surface area contributed by atoms with E-state index in [9.17, 15) is 9.59 Å². The summed E-state index contributed by atoms with van der Waals surface area (Å²) in [6, 6.07) is 8.54. The standard InChI is InChI=1S/C23H23NO5/c1-6-28-16-8-7-14(11-18(16)27-5)20-19-21(25)15-9-12(2)13(3)10-17(15)29-22(19)23(26)24(20)4/h7-11,20H,6H2,1-5H3. The Morgan fingerprint density at radius 1 is 1.07 bits per heavy atom. The molecule has 1 aliphatic rings. The summed E-state index contributed by atoms with van der Waals surface area (Å²) in [4.78, 5) is 27.8. The molecular formula is C23H23NO5. The third-order valence-electron chi connectivity index (χ3n) is 5.52. The van der Waals surface area contributed by atoms with Crippen LogP contribution in [0.15, 0.2) is 39.5 Å². The van der Waals surface area contributed by atoms with E-state index in [4.69, 9.17) is 13.9 Å². The monoisotopic (exact) mass is 393 g/mol. The van der Waals surface area contributed by atoms with E-state index >= 15 is 0 Å². The molecule has 150 valence electrons. The molecule has 0 bridgehead atoms. The predicted molar refractivity (Wildman–Crippen MR) is 110 cm³/mol. The summed E-state index contributed by atoms with van der Waals surface area (Å²) in [7, 11) is 3.23. The highest BCUT2D eigenvalue weighted by Crippen LogP contribution is 2.40. The van der Waals surface area contributed by atoms with Gasteiger partial charge in [-0.05, 0) is 61.7 Å². The molecule has 2 heterocycles. The highest BCUT2D eigenvalue weighted by molar-refractivity contribution is 5.99. The fourth-order valence-corrected chi connectivity index (χ4v) is 3.86. The molecule has 6 nitrogen and oxygen atoms in total. The summed E-state index contributed by atoms with van der Waals surface area (Å²) in [5, 5.41) is 0.484. The van der Waals surface area contributed by atoms with E-state index in [1.807, 2.05) is 39.0 Å². The smallest absolute Gasteiger partial charge is 0.290 e. The average molecular weight is 393 g/mol. The van der Waals surface area contributed by atoms with Gasteiger partial charge >= 0.3 is 0 Å². The number of carbonyl (C=O) groups excluding carboxylic acids is 1. The van der Waals surface area contributed by atoms with Crippen molar-refractivity contribution in [1.29, 1.82) is 0 Å². The number of nitrogens with zero attached hydrogens (tertiary/aromatic N) is 1. The van der Waals surface area contributed by atoms with Crippen LogP contribution in [0.1, 0.15) is 45.8 Å². The summed E-state index contributed by atoms with van der Waals surface area (Å²) in [5.74, 6) is 0.957. The van der Waals surface area contributed by atoms with E-state index in [-0.39, 0.29) is 17.1 Å². The van der Waals surface area contributed by atoms with Crippen LogP contribution in [-0.2, 0) is 0 Å². The number of hydrogen-bond donors (Lipinski definition) is 0. The van der Waals surface area contributed by atoms with Gasteiger partial charge in [0.1, 0.15) is 5.58 Å². The Bertz CT molecular complexity index is 1190. The van der Waals surface area contributed by atoms with E-state index < -0.39 is 6.04 Å². The van der Waals surface area contributed by atoms with Crippen LogP contribution in [-0.4, -0.2) is 31.6 Å². The first-order valence-corrected chi connectivity index (χ1v) is 9.53. The molecule has 0 radical (unpaired) electrons. The first-order valence-electron chi connectivity index (χ1n) is 9.53. The highest BCUT2D eigenvalue weighted by Gasteiger charge is 2.41. The number of carbonyl (C=O) groups is 1. The van der Waals surface area contributed by atoms with Crippen LogP contribution >= 0.6 is 0 Å². The minimum atomic E-state index is -0.552. The van der Waals surface area contributed by atoms with Crippen LogP contribution in [0.4, 0.5) is 0 Å². The second-order valence-corrected chi connectivity index (χ2v) is 7.27. The van der Waals surface area contributed by atoms with Crippen molar-refractivity contribution in [3.05, 3.63) is 68.6 Å². The summed E-state index contributed by atoms with van der Waals surface area (Å²) >= 11 is 0. The Morgan fingerprint density at radius 2 is 1.79 bits per heavy atom. The van der Waals surface area contributed by atoms with Crippen molar-refractivity contribution in [3.8, 4) is 11.5 Å². The summed E-state index contributed by atoms with van der Waals surface area (Å²) < 4.78 is 17.0. The van der Waals surface area contributed by atoms with E-state index in [0.29, 0.717) is 34.6 Å². The number of benzene rings is 2. The van der Waals surface area contributed by atoms with Gasteiger partial charge in [0.2, 0.25) is 5.76 Å². The van der Waals surface area contributed by atoms with Crippen molar-refractivity contribution in [1.82, 2.24) is 4.90 Å². The number of amides is 1. The number of rotatable bonds is 4. The maximum atomic E-state index is 13.4. The normalized spacial score (nSPS) is 15.7. The molecule has 6 heteroatoms. The van der Waals surface area contributed by atoms with Gasteiger partial charge in [-0.1, -0.05) is 6.07 Å². The average Bonchev–Trinajstić information content (AvgIpc) is 2.95. The van der Waals surface area contributed by atoms with Crippen LogP contribution in [0, 0.1) is 13.8 Å². The molecule has 1 unspecified atom stereocenters. The molecule has 0 aliphatic carbocycles. The lowest BCUT2D eigenvalue weighted by Gasteiger charge is -2.21. The first-order chi connectivity index (χ1) is 13.9. The van der Waals surface area contributed by atoms with Gasteiger partial charge in [0.15, 0.2) is 16.9 Å². The van der Waals surface area contributed by atoms with Gasteiger partial charge in [-0.2, -0.15) is 0 Å². The van der Waals surface area contributed by atoms with Gasteiger partial charge in [-0.3, -0.25) is 9.59 Å². The van der Waals surface area contributed by atoms with Crippen molar-refractivity contribution in [2.24, 2.45) is 0 Å². The lowest BCUT2D eigenvalue weighted by Crippen LogP contribution is -2.25. The molecule has 2 aromatic carbocycles. The van der Waals surface area contributed by atoms with E-state index in [1.54, 1.807) is 26.3 Å². The zero-order valence-electron chi connectivity index (χ0n) is 17.2. The second-order valence-electron chi connectivity index (χ2n) is 7.27. The molecule has 0 N–H and O–H groups in total. The summed E-state index contributed by atoms with van der Waals surface area (Å²) in [5.41, 5.74) is 3.38. The van der Waals surface area contributed by atoms with Crippen molar-refractivity contribution in [2.75, 3.05) is 20.8 Å². The largest absolute Gasteiger partial charge is 0.493 e. The topological polar surface area (TPSA) is 69.0 Å². The fraction of sp³-hybridized carbons (Fsp3) is 0.304. The number of hydrogen-bond acceptors (Lipinski definition) is 5. The molecule has 1 aromatic heterocycles. The Hall–Kier alpha value is -3.28. The molecule has 4 rings (SSSR count). The van der Waals surface area contributed by atoms with Crippen molar-refractivity contribution >= 4 is 16.9 Å². The van der Waals surface area contributed by atoms with E-state index in [1.165, 1.54) is 4.90 Å². The molecule has 1 aliphatic heterocycles. The third kappa shape index (κ3) is 2.87. The van der Waals surface area contributed by atoms with E-state index in [2.05, 4.69) is 0 Å². The highest BCUT2D eigenvalue weighted by atomic mass is 16.5. The van der Waals surface area contributed by atoms with Gasteiger partial charge in [0, 0.05) is 7.05 Å². The maximum absolute atomic E-state index is 13.4. The molecule has 1 atom stereocenters. The lowest BCUT2D eigenvalue weighted by atomic mass is 9.97. The fourth-order valence-electron chi connectivity index (χ4n) is 3.86. The molecule has 0 fully saturated rings. The minimum Gasteiger partial charge on any atom is -0.493 e. The lowest BCUT2D eigenvalue weighted by molar-refractivity contribution is 0.0771. The van der Waals surface area contributed by atoms with Crippen LogP contribution in [0.2, 0.25) is 0 Å². The van der Waals surface area contributed by atoms with Crippen molar-refractivity contribution in [3.63, 3.8) is 0 Å². The van der Waals surface area contributed by atoms with Crippen LogP contribution in [0.5, 0.6) is 11.5 Å². The zero-order valence-corrected chi connectivity index (χ0v) is 17.2. The van der Waals surface area contributed by atoms with Crippen LogP contribution in [0.3, 0.4) is 0 Å². The van der Waals surface area contributed by atoms with Crippen molar-refractivity contribution in [2.45, 2.75) is 26.8 Å². The number of methoxy groups -OCH3 is 1. The summed E-state index contributed by atoms with van der Waals surface area (Å²) in [6.45, 7) is 6.31. The Kier molecular flexibility index (Phi) is 4.57. The summed E-state index contributed by atoms with van der Waals surface area (Å²) in [6.07, 6.45) is 0. The minimum absolute atomic E-state index is 0.103.